The van der Waals surface area contributed by atoms with E-state index in [1.807, 2.05) is 6.07 Å². The van der Waals surface area contributed by atoms with Gasteiger partial charge in [-0.05, 0) is 15.9 Å². The largest absolute Gasteiger partial charge is 0.496 e. The molecule has 5 nitrogen and oxygen atoms in total. The van der Waals surface area contributed by atoms with Gasteiger partial charge in [0.05, 0.1) is 22.8 Å². The molecule has 78 valence electrons. The second-order valence-electron chi connectivity index (χ2n) is 2.65. The van der Waals surface area contributed by atoms with Gasteiger partial charge in [0.1, 0.15) is 17.4 Å². The van der Waals surface area contributed by atoms with Crippen LogP contribution in [0.3, 0.4) is 0 Å². The summed E-state index contributed by atoms with van der Waals surface area (Å²) in [7, 11) is 1.32. The summed E-state index contributed by atoms with van der Waals surface area (Å²) in [6.45, 7) is 0. The zero-order valence-corrected chi connectivity index (χ0v) is 9.33. The first-order valence-electron chi connectivity index (χ1n) is 3.82. The van der Waals surface area contributed by atoms with Crippen molar-refractivity contribution in [3.8, 4) is 11.8 Å². The van der Waals surface area contributed by atoms with Gasteiger partial charge in [-0.1, -0.05) is 0 Å². The van der Waals surface area contributed by atoms with Crippen molar-refractivity contribution in [3.05, 3.63) is 21.7 Å². The number of halogens is 1. The first kappa shape index (κ1) is 11.3. The summed E-state index contributed by atoms with van der Waals surface area (Å²) in [4.78, 5) is 10.9. The van der Waals surface area contributed by atoms with Gasteiger partial charge in [0.15, 0.2) is 0 Å². The predicted molar refractivity (Wildman–Crippen MR) is 56.8 cm³/mol. The van der Waals surface area contributed by atoms with E-state index in [1.54, 1.807) is 0 Å². The van der Waals surface area contributed by atoms with Crippen molar-refractivity contribution in [2.24, 2.45) is 0 Å². The normalized spacial score (nSPS) is 9.40. The highest BCUT2D eigenvalue weighted by Gasteiger charge is 2.20. The molecule has 0 saturated heterocycles. The van der Waals surface area contributed by atoms with Crippen LogP contribution in [0.5, 0.6) is 5.75 Å². The number of methoxy groups -OCH3 is 1. The molecule has 0 heterocycles. The Morgan fingerprint density at radius 1 is 1.73 bits per heavy atom. The highest BCUT2D eigenvalue weighted by atomic mass is 79.9. The number of carbonyl (C=O) groups is 1. The van der Waals surface area contributed by atoms with Crippen LogP contribution in [0.25, 0.3) is 0 Å². The van der Waals surface area contributed by atoms with E-state index in [0.717, 1.165) is 0 Å². The number of carboxylic acid groups (broad SMARTS) is 1. The van der Waals surface area contributed by atoms with Crippen LogP contribution < -0.4 is 10.5 Å². The van der Waals surface area contributed by atoms with Gasteiger partial charge in [-0.3, -0.25) is 0 Å². The molecule has 1 aromatic rings. The maximum atomic E-state index is 10.9. The van der Waals surface area contributed by atoms with Crippen molar-refractivity contribution >= 4 is 27.6 Å². The number of nitrogens with two attached hydrogens (primary N) is 1. The van der Waals surface area contributed by atoms with E-state index in [1.165, 1.54) is 13.2 Å². The van der Waals surface area contributed by atoms with Gasteiger partial charge >= 0.3 is 5.97 Å². The van der Waals surface area contributed by atoms with Crippen LogP contribution in [-0.4, -0.2) is 18.2 Å². The lowest BCUT2D eigenvalue weighted by molar-refractivity contribution is 0.0694. The number of benzene rings is 1. The van der Waals surface area contributed by atoms with Gasteiger partial charge in [-0.25, -0.2) is 4.79 Å². The maximum absolute atomic E-state index is 10.9. The Morgan fingerprint density at radius 2 is 2.33 bits per heavy atom. The average molecular weight is 271 g/mol. The Kier molecular flexibility index (Phi) is 3.17. The molecule has 3 N–H and O–H groups in total. The van der Waals surface area contributed by atoms with Gasteiger partial charge in [0, 0.05) is 6.07 Å². The number of nitrogens with zero attached hydrogens (tertiary/aromatic N) is 1. The summed E-state index contributed by atoms with van der Waals surface area (Å²) in [6.07, 6.45) is 0. The average Bonchev–Trinajstić information content (AvgIpc) is 2.20. The molecule has 0 aliphatic heterocycles. The van der Waals surface area contributed by atoms with E-state index in [9.17, 15) is 4.79 Å². The molecule has 0 atom stereocenters. The van der Waals surface area contributed by atoms with E-state index in [0.29, 0.717) is 0 Å². The van der Waals surface area contributed by atoms with Gasteiger partial charge in [0.2, 0.25) is 0 Å². The number of ether oxygens (including phenoxy) is 1. The topological polar surface area (TPSA) is 96.3 Å². The van der Waals surface area contributed by atoms with Crippen molar-refractivity contribution in [1.82, 2.24) is 0 Å². The van der Waals surface area contributed by atoms with Crippen LogP contribution in [0.4, 0.5) is 5.69 Å². The van der Waals surface area contributed by atoms with Crippen molar-refractivity contribution in [3.63, 3.8) is 0 Å². The fourth-order valence-corrected chi connectivity index (χ4v) is 1.52. The van der Waals surface area contributed by atoms with Crippen LogP contribution in [-0.2, 0) is 0 Å². The smallest absolute Gasteiger partial charge is 0.341 e. The van der Waals surface area contributed by atoms with Crippen LogP contribution in [0.2, 0.25) is 0 Å². The number of hydrogen-bond acceptors (Lipinski definition) is 4. The maximum Gasteiger partial charge on any atom is 0.341 e. The van der Waals surface area contributed by atoms with Crippen LogP contribution in [0.1, 0.15) is 15.9 Å². The van der Waals surface area contributed by atoms with Gasteiger partial charge in [-0.2, -0.15) is 5.26 Å². The summed E-state index contributed by atoms with van der Waals surface area (Å²) >= 11 is 3.06. The highest BCUT2D eigenvalue weighted by Crippen LogP contribution is 2.34. The molecule has 0 saturated carbocycles. The van der Waals surface area contributed by atoms with Gasteiger partial charge in [0.25, 0.3) is 0 Å². The Bertz CT molecular complexity index is 465. The predicted octanol–water partition coefficient (Wildman–Crippen LogP) is 1.61. The standard InChI is InChI=1S/C9H7BrN2O3/c1-15-5-2-4(3-11)7(10)8(12)6(5)9(13)14/h2H,12H2,1H3,(H,13,14). The molecule has 0 aliphatic carbocycles. The Balaban J connectivity index is 3.61. The molecule has 0 aromatic heterocycles. The molecule has 0 bridgehead atoms. The lowest BCUT2D eigenvalue weighted by atomic mass is 10.1. The summed E-state index contributed by atoms with van der Waals surface area (Å²) < 4.78 is 5.12. The molecule has 0 spiro atoms. The third kappa shape index (κ3) is 1.87. The third-order valence-electron chi connectivity index (χ3n) is 1.82. The van der Waals surface area contributed by atoms with Crippen molar-refractivity contribution < 1.29 is 14.6 Å². The number of rotatable bonds is 2. The third-order valence-corrected chi connectivity index (χ3v) is 2.67. The van der Waals surface area contributed by atoms with Crippen molar-refractivity contribution in [1.29, 1.82) is 5.26 Å². The molecule has 0 aliphatic rings. The van der Waals surface area contributed by atoms with Crippen LogP contribution >= 0.6 is 15.9 Å². The van der Waals surface area contributed by atoms with Crippen molar-refractivity contribution in [2.75, 3.05) is 12.8 Å². The Labute approximate surface area is 94.2 Å². The molecule has 6 heteroatoms. The minimum absolute atomic E-state index is 0.0154. The number of carboxylic acids is 1. The second-order valence-corrected chi connectivity index (χ2v) is 3.44. The Morgan fingerprint density at radius 3 is 2.73 bits per heavy atom. The summed E-state index contributed by atoms with van der Waals surface area (Å²) in [5, 5.41) is 17.7. The first-order valence-corrected chi connectivity index (χ1v) is 4.61. The zero-order chi connectivity index (χ0) is 11.6. The number of nitrogen functional groups attached to an aromatic ring is 1. The van der Waals surface area contributed by atoms with Crippen molar-refractivity contribution in [2.45, 2.75) is 0 Å². The van der Waals surface area contributed by atoms with E-state index in [4.69, 9.17) is 20.8 Å². The summed E-state index contributed by atoms with van der Waals surface area (Å²) in [5.41, 5.74) is 5.64. The molecule has 0 fully saturated rings. The Hall–Kier alpha value is -1.74. The molecule has 15 heavy (non-hydrogen) atoms. The number of anilines is 1. The number of nitriles is 1. The molecule has 1 aromatic carbocycles. The van der Waals surface area contributed by atoms with Gasteiger partial charge in [-0.15, -0.1) is 0 Å². The summed E-state index contributed by atoms with van der Waals surface area (Å²) in [6, 6.07) is 3.20. The van der Waals surface area contributed by atoms with Crippen LogP contribution in [0, 0.1) is 11.3 Å². The molecular formula is C9H7BrN2O3. The SMILES string of the molecule is COc1cc(C#N)c(Br)c(N)c1C(=O)O. The monoisotopic (exact) mass is 270 g/mol. The number of aromatic carboxylic acids is 1. The van der Waals surface area contributed by atoms with E-state index in [2.05, 4.69) is 15.9 Å². The minimum Gasteiger partial charge on any atom is -0.496 e. The fraction of sp³-hybridized carbons (Fsp3) is 0.111. The molecule has 0 amide bonds. The molecule has 0 unspecified atom stereocenters. The van der Waals surface area contributed by atoms with E-state index in [-0.39, 0.29) is 27.0 Å². The summed E-state index contributed by atoms with van der Waals surface area (Å²) in [5.74, 6) is -1.13. The van der Waals surface area contributed by atoms with E-state index < -0.39 is 5.97 Å². The highest BCUT2D eigenvalue weighted by molar-refractivity contribution is 9.10. The zero-order valence-electron chi connectivity index (χ0n) is 7.74. The quantitative estimate of drug-likeness (QED) is 0.796. The molecular weight excluding hydrogens is 264 g/mol. The first-order chi connectivity index (χ1) is 7.02. The van der Waals surface area contributed by atoms with E-state index >= 15 is 0 Å². The lowest BCUT2D eigenvalue weighted by Crippen LogP contribution is -2.07. The molecule has 1 rings (SSSR count). The fourth-order valence-electron chi connectivity index (χ4n) is 1.12. The number of hydrogen-bond donors (Lipinski definition) is 2. The minimum atomic E-state index is -1.20. The molecule has 0 radical (unpaired) electrons. The van der Waals surface area contributed by atoms with Crippen LogP contribution in [0.15, 0.2) is 10.5 Å². The van der Waals surface area contributed by atoms with Gasteiger partial charge < -0.3 is 15.6 Å². The lowest BCUT2D eigenvalue weighted by Gasteiger charge is -2.10. The second kappa shape index (κ2) is 4.19.